The van der Waals surface area contributed by atoms with Crippen LogP contribution >= 0.6 is 0 Å². The molecule has 0 atom stereocenters. The Labute approximate surface area is 108 Å². The average Bonchev–Trinajstić information content (AvgIpc) is 2.29. The number of aryl methyl sites for hydroxylation is 1. The fourth-order valence-corrected chi connectivity index (χ4v) is 2.15. The summed E-state index contributed by atoms with van der Waals surface area (Å²) in [5, 5.41) is 0. The number of hydrogen-bond donors (Lipinski definition) is 0. The van der Waals surface area contributed by atoms with Crippen molar-refractivity contribution in [1.82, 2.24) is 0 Å². The Morgan fingerprint density at radius 2 is 1.94 bits per heavy atom. The molecule has 0 heterocycles. The van der Waals surface area contributed by atoms with E-state index in [1.807, 2.05) is 6.92 Å². The molecular formula is C13H18O4S. The third kappa shape index (κ3) is 4.14. The van der Waals surface area contributed by atoms with Crippen molar-refractivity contribution in [2.24, 2.45) is 0 Å². The first-order chi connectivity index (χ1) is 8.37. The van der Waals surface area contributed by atoms with E-state index in [0.717, 1.165) is 18.2 Å². The van der Waals surface area contributed by atoms with E-state index in [0.29, 0.717) is 24.2 Å². The molecule has 0 unspecified atom stereocenters. The first-order valence-electron chi connectivity index (χ1n) is 5.93. The highest BCUT2D eigenvalue weighted by molar-refractivity contribution is 7.86. The van der Waals surface area contributed by atoms with E-state index in [2.05, 4.69) is 0 Å². The third-order valence-electron chi connectivity index (χ3n) is 2.46. The minimum atomic E-state index is -3.54. The molecule has 0 radical (unpaired) electrons. The lowest BCUT2D eigenvalue weighted by atomic mass is 10.0. The summed E-state index contributed by atoms with van der Waals surface area (Å²) in [7, 11) is -3.54. The first kappa shape index (κ1) is 14.7. The molecule has 0 spiro atoms. The van der Waals surface area contributed by atoms with Crippen LogP contribution in [0.2, 0.25) is 0 Å². The smallest absolute Gasteiger partial charge is 0.306 e. The maximum absolute atomic E-state index is 11.6. The predicted molar refractivity (Wildman–Crippen MR) is 70.5 cm³/mol. The van der Waals surface area contributed by atoms with Gasteiger partial charge in [0, 0.05) is 12.0 Å². The normalized spacial score (nSPS) is 11.3. The summed E-state index contributed by atoms with van der Waals surface area (Å²) >= 11 is 0. The summed E-state index contributed by atoms with van der Waals surface area (Å²) in [6.07, 6.45) is 2.96. The summed E-state index contributed by atoms with van der Waals surface area (Å²) in [6, 6.07) is 4.87. The number of ketones is 1. The van der Waals surface area contributed by atoms with Gasteiger partial charge in [0.25, 0.3) is 0 Å². The fourth-order valence-electron chi connectivity index (χ4n) is 1.67. The van der Waals surface area contributed by atoms with Gasteiger partial charge in [-0.3, -0.25) is 4.79 Å². The first-order valence-corrected chi connectivity index (χ1v) is 7.74. The van der Waals surface area contributed by atoms with Crippen LogP contribution in [0.25, 0.3) is 0 Å². The zero-order valence-electron chi connectivity index (χ0n) is 10.9. The molecule has 0 aliphatic heterocycles. The second-order valence-electron chi connectivity index (χ2n) is 4.14. The van der Waals surface area contributed by atoms with Gasteiger partial charge in [0.05, 0.1) is 6.26 Å². The maximum atomic E-state index is 11.6. The predicted octanol–water partition coefficient (Wildman–Crippen LogP) is 2.57. The van der Waals surface area contributed by atoms with Crippen molar-refractivity contribution in [3.63, 3.8) is 0 Å². The van der Waals surface area contributed by atoms with E-state index in [1.54, 1.807) is 25.1 Å². The van der Waals surface area contributed by atoms with Crippen molar-refractivity contribution in [2.75, 3.05) is 6.26 Å². The molecule has 1 aromatic carbocycles. The highest BCUT2D eigenvalue weighted by Crippen LogP contribution is 2.23. The van der Waals surface area contributed by atoms with Gasteiger partial charge in [-0.1, -0.05) is 20.3 Å². The van der Waals surface area contributed by atoms with Crippen LogP contribution < -0.4 is 4.18 Å². The minimum absolute atomic E-state index is 0.0401. The largest absolute Gasteiger partial charge is 0.382 e. The van der Waals surface area contributed by atoms with Crippen LogP contribution in [0.3, 0.4) is 0 Å². The number of hydrogen-bond acceptors (Lipinski definition) is 4. The second kappa shape index (κ2) is 6.00. The molecule has 0 amide bonds. The summed E-state index contributed by atoms with van der Waals surface area (Å²) in [5.74, 6) is 0.352. The van der Waals surface area contributed by atoms with Crippen LogP contribution in [-0.2, 0) is 16.5 Å². The highest BCUT2D eigenvalue weighted by Gasteiger charge is 2.12. The van der Waals surface area contributed by atoms with Gasteiger partial charge in [-0.25, -0.2) is 0 Å². The second-order valence-corrected chi connectivity index (χ2v) is 5.71. The molecule has 0 saturated carbocycles. The standard InChI is InChI=1S/C13H18O4S/c1-4-6-11-9-10(12(14)5-2)7-8-13(11)17-18(3,15)16/h7-9H,4-6H2,1-3H3. The summed E-state index contributed by atoms with van der Waals surface area (Å²) in [5.41, 5.74) is 1.35. The molecule has 4 nitrogen and oxygen atoms in total. The van der Waals surface area contributed by atoms with Gasteiger partial charge < -0.3 is 4.18 Å². The number of benzene rings is 1. The Bertz CT molecular complexity index is 532. The molecule has 0 aliphatic rings. The van der Waals surface area contributed by atoms with Crippen molar-refractivity contribution < 1.29 is 17.4 Å². The van der Waals surface area contributed by atoms with Crippen LogP contribution in [0.1, 0.15) is 42.6 Å². The third-order valence-corrected chi connectivity index (χ3v) is 2.95. The lowest BCUT2D eigenvalue weighted by Gasteiger charge is -2.10. The molecule has 0 N–H and O–H groups in total. The van der Waals surface area contributed by atoms with Gasteiger partial charge in [0.1, 0.15) is 5.75 Å². The van der Waals surface area contributed by atoms with E-state index >= 15 is 0 Å². The van der Waals surface area contributed by atoms with Crippen LogP contribution in [0.5, 0.6) is 5.75 Å². The number of rotatable bonds is 6. The van der Waals surface area contributed by atoms with Crippen molar-refractivity contribution >= 4 is 15.9 Å². The molecule has 5 heteroatoms. The topological polar surface area (TPSA) is 60.4 Å². The Kier molecular flexibility index (Phi) is 4.90. The van der Waals surface area contributed by atoms with Gasteiger partial charge in [0.2, 0.25) is 0 Å². The molecule has 0 aliphatic carbocycles. The number of carbonyl (C=O) groups excluding carboxylic acids is 1. The van der Waals surface area contributed by atoms with Crippen LogP contribution in [0.4, 0.5) is 0 Å². The van der Waals surface area contributed by atoms with E-state index < -0.39 is 10.1 Å². The molecule has 0 bridgehead atoms. The summed E-state index contributed by atoms with van der Waals surface area (Å²) in [6.45, 7) is 3.78. The maximum Gasteiger partial charge on any atom is 0.306 e. The molecule has 0 fully saturated rings. The zero-order chi connectivity index (χ0) is 13.8. The lowest BCUT2D eigenvalue weighted by molar-refractivity contribution is 0.0988. The highest BCUT2D eigenvalue weighted by atomic mass is 32.2. The summed E-state index contributed by atoms with van der Waals surface area (Å²) in [4.78, 5) is 11.6. The van der Waals surface area contributed by atoms with Gasteiger partial charge >= 0.3 is 10.1 Å². The quantitative estimate of drug-likeness (QED) is 0.589. The zero-order valence-corrected chi connectivity index (χ0v) is 11.7. The van der Waals surface area contributed by atoms with Crippen molar-refractivity contribution in [3.8, 4) is 5.75 Å². The Balaban J connectivity index is 3.15. The molecule has 18 heavy (non-hydrogen) atoms. The fraction of sp³-hybridized carbons (Fsp3) is 0.462. The van der Waals surface area contributed by atoms with Crippen molar-refractivity contribution in [1.29, 1.82) is 0 Å². The lowest BCUT2D eigenvalue weighted by Crippen LogP contribution is -2.08. The van der Waals surface area contributed by atoms with E-state index in [1.165, 1.54) is 0 Å². The molecule has 100 valence electrons. The average molecular weight is 270 g/mol. The van der Waals surface area contributed by atoms with Gasteiger partial charge in [-0.15, -0.1) is 0 Å². The van der Waals surface area contributed by atoms with Crippen LogP contribution in [0, 0.1) is 0 Å². The van der Waals surface area contributed by atoms with E-state index in [-0.39, 0.29) is 5.78 Å². The SMILES string of the molecule is CCCc1cc(C(=O)CC)ccc1OS(C)(=O)=O. The number of Topliss-reactive ketones (excluding diaryl/α,β-unsaturated/α-hetero) is 1. The van der Waals surface area contributed by atoms with Gasteiger partial charge in [-0.2, -0.15) is 8.42 Å². The molecule has 0 aromatic heterocycles. The number of carbonyl (C=O) groups is 1. The van der Waals surface area contributed by atoms with E-state index in [4.69, 9.17) is 4.18 Å². The molecule has 1 rings (SSSR count). The Morgan fingerprint density at radius 1 is 1.28 bits per heavy atom. The molecular weight excluding hydrogens is 252 g/mol. The molecule has 1 aromatic rings. The molecule has 0 saturated heterocycles. The van der Waals surface area contributed by atoms with Gasteiger partial charge in [-0.05, 0) is 30.2 Å². The van der Waals surface area contributed by atoms with E-state index in [9.17, 15) is 13.2 Å². The minimum Gasteiger partial charge on any atom is -0.382 e. The van der Waals surface area contributed by atoms with Crippen molar-refractivity contribution in [2.45, 2.75) is 33.1 Å². The van der Waals surface area contributed by atoms with Crippen LogP contribution in [0.15, 0.2) is 18.2 Å². The van der Waals surface area contributed by atoms with Crippen molar-refractivity contribution in [3.05, 3.63) is 29.3 Å². The summed E-state index contributed by atoms with van der Waals surface area (Å²) < 4.78 is 27.2. The van der Waals surface area contributed by atoms with Gasteiger partial charge in [0.15, 0.2) is 5.78 Å². The Hall–Kier alpha value is -1.36. The Morgan fingerprint density at radius 3 is 2.44 bits per heavy atom. The van der Waals surface area contributed by atoms with Crippen LogP contribution in [-0.4, -0.2) is 20.5 Å². The monoisotopic (exact) mass is 270 g/mol.